The van der Waals surface area contributed by atoms with Crippen molar-refractivity contribution in [1.29, 1.82) is 0 Å². The molecule has 1 aromatic carbocycles. The second-order valence-electron chi connectivity index (χ2n) is 6.85. The van der Waals surface area contributed by atoms with Crippen molar-refractivity contribution in [2.45, 2.75) is 45.6 Å². The van der Waals surface area contributed by atoms with E-state index in [1.807, 2.05) is 31.2 Å². The van der Waals surface area contributed by atoms with Gasteiger partial charge in [0.05, 0.1) is 32.1 Å². The molecule has 3 amide bonds. The Bertz CT molecular complexity index is 712. The number of hydrogen-bond acceptors (Lipinski definition) is 6. The van der Waals surface area contributed by atoms with Crippen LogP contribution >= 0.6 is 0 Å². The van der Waals surface area contributed by atoms with E-state index in [0.29, 0.717) is 26.0 Å². The molecule has 10 heteroatoms. The molecule has 0 atom stereocenters. The predicted molar refractivity (Wildman–Crippen MR) is 115 cm³/mol. The van der Waals surface area contributed by atoms with E-state index in [9.17, 15) is 19.2 Å². The van der Waals surface area contributed by atoms with Crippen molar-refractivity contribution in [1.82, 2.24) is 10.6 Å². The Kier molecular flexibility index (Phi) is 18.7. The molecule has 0 radical (unpaired) electrons. The van der Waals surface area contributed by atoms with Crippen molar-refractivity contribution in [3.63, 3.8) is 0 Å². The summed E-state index contributed by atoms with van der Waals surface area (Å²) in [5.41, 5.74) is 1.68. The first-order chi connectivity index (χ1) is 14.9. The van der Waals surface area contributed by atoms with Gasteiger partial charge in [-0.05, 0) is 12.0 Å². The summed E-state index contributed by atoms with van der Waals surface area (Å²) in [5, 5.41) is 9.14. The molecule has 9 nitrogen and oxygen atoms in total. The third kappa shape index (κ3) is 15.6. The van der Waals surface area contributed by atoms with Crippen LogP contribution in [0.1, 0.15) is 43.7 Å². The SMILES string of the molecule is CCCC(=O)OCCCOCC(=O)[N-]Cc1ccc(CC(=O)NCCC(=O)NC)cc1.[Rb+]. The van der Waals surface area contributed by atoms with Crippen LogP contribution in [-0.2, 0) is 41.6 Å². The van der Waals surface area contributed by atoms with Gasteiger partial charge in [-0.3, -0.25) is 14.4 Å². The second-order valence-corrected chi connectivity index (χ2v) is 6.85. The molecule has 0 fully saturated rings. The molecule has 172 valence electrons. The molecule has 0 bridgehead atoms. The normalized spacial score (nSPS) is 9.94. The van der Waals surface area contributed by atoms with Crippen LogP contribution in [0, 0.1) is 0 Å². The van der Waals surface area contributed by atoms with Crippen LogP contribution in [0.5, 0.6) is 0 Å². The number of ether oxygens (including phenoxy) is 2. The summed E-state index contributed by atoms with van der Waals surface area (Å²) in [7, 11) is 1.55. The van der Waals surface area contributed by atoms with Crippen LogP contribution in [0.3, 0.4) is 0 Å². The molecule has 32 heavy (non-hydrogen) atoms. The second kappa shape index (κ2) is 19.3. The maximum Gasteiger partial charge on any atom is 1.00 e. The van der Waals surface area contributed by atoms with Crippen molar-refractivity contribution in [3.05, 3.63) is 40.7 Å². The minimum Gasteiger partial charge on any atom is -0.648 e. The monoisotopic (exact) mass is 519 g/mol. The quantitative estimate of drug-likeness (QED) is 0.218. The van der Waals surface area contributed by atoms with E-state index in [2.05, 4.69) is 16.0 Å². The summed E-state index contributed by atoms with van der Waals surface area (Å²) >= 11 is 0. The first kappa shape index (κ1) is 30.9. The van der Waals surface area contributed by atoms with Crippen molar-refractivity contribution < 1.29 is 86.8 Å². The van der Waals surface area contributed by atoms with E-state index in [4.69, 9.17) is 9.47 Å². The Balaban J connectivity index is 0.00000961. The zero-order valence-electron chi connectivity index (χ0n) is 19.3. The minimum absolute atomic E-state index is 0. The van der Waals surface area contributed by atoms with Gasteiger partial charge in [-0.1, -0.05) is 36.8 Å². The van der Waals surface area contributed by atoms with Gasteiger partial charge in [-0.2, -0.15) is 0 Å². The first-order valence-corrected chi connectivity index (χ1v) is 10.4. The van der Waals surface area contributed by atoms with Gasteiger partial charge in [0.15, 0.2) is 0 Å². The molecule has 0 heterocycles. The summed E-state index contributed by atoms with van der Waals surface area (Å²) < 4.78 is 10.2. The van der Waals surface area contributed by atoms with Gasteiger partial charge in [0.1, 0.15) is 0 Å². The van der Waals surface area contributed by atoms with Crippen molar-refractivity contribution >= 4 is 23.7 Å². The smallest absolute Gasteiger partial charge is 0.648 e. The summed E-state index contributed by atoms with van der Waals surface area (Å²) in [4.78, 5) is 45.9. The molecule has 2 N–H and O–H groups in total. The Morgan fingerprint density at radius 3 is 2.31 bits per heavy atom. The third-order valence-electron chi connectivity index (χ3n) is 4.15. The maximum atomic E-state index is 11.9. The van der Waals surface area contributed by atoms with Gasteiger partial charge in [0.2, 0.25) is 11.8 Å². The molecule has 0 saturated heterocycles. The van der Waals surface area contributed by atoms with E-state index in [1.165, 1.54) is 0 Å². The Hall–Kier alpha value is -1.13. The fourth-order valence-corrected chi connectivity index (χ4v) is 2.46. The number of nitrogens with one attached hydrogen (secondary N) is 2. The van der Waals surface area contributed by atoms with Crippen LogP contribution < -0.4 is 68.8 Å². The fourth-order valence-electron chi connectivity index (χ4n) is 2.46. The Labute approximate surface area is 238 Å². The topological polar surface area (TPSA) is 125 Å². The average molecular weight is 520 g/mol. The molecule has 0 aliphatic carbocycles. The molecule has 0 spiro atoms. The van der Waals surface area contributed by atoms with Gasteiger partial charge in [-0.25, -0.2) is 0 Å². The molecule has 0 aliphatic rings. The van der Waals surface area contributed by atoms with E-state index >= 15 is 0 Å². The standard InChI is InChI=1S/C22H33N3O6.Rb/c1-3-5-22(29)31-13-4-12-30-16-21(28)25-15-18-8-6-17(7-9-18)14-20(27)24-11-10-19(26)23-2;/h6-9H,3-5,10-16H2,1-2H3,(H3,23,24,25,26,27,28);/q;+1/p-1. The summed E-state index contributed by atoms with van der Waals surface area (Å²) in [6, 6.07) is 7.25. The van der Waals surface area contributed by atoms with Crippen molar-refractivity contribution in [3.8, 4) is 0 Å². The maximum absolute atomic E-state index is 11.9. The number of rotatable bonds is 15. The van der Waals surface area contributed by atoms with E-state index in [1.54, 1.807) is 7.05 Å². The summed E-state index contributed by atoms with van der Waals surface area (Å²) in [5.74, 6) is -0.862. The molecule has 0 saturated carbocycles. The molecule has 1 rings (SSSR count). The van der Waals surface area contributed by atoms with Crippen LogP contribution in [0.25, 0.3) is 5.32 Å². The molecule has 0 aromatic heterocycles. The molecular weight excluding hydrogens is 488 g/mol. The average Bonchev–Trinajstić information content (AvgIpc) is 2.75. The third-order valence-corrected chi connectivity index (χ3v) is 4.15. The number of esters is 1. The van der Waals surface area contributed by atoms with E-state index < -0.39 is 0 Å². The number of carbonyl (C=O) groups is 4. The van der Waals surface area contributed by atoms with Crippen molar-refractivity contribution in [2.75, 3.05) is 33.4 Å². The predicted octanol–water partition coefficient (Wildman–Crippen LogP) is -1.36. The Morgan fingerprint density at radius 2 is 1.66 bits per heavy atom. The van der Waals surface area contributed by atoms with Crippen molar-refractivity contribution in [2.24, 2.45) is 0 Å². The van der Waals surface area contributed by atoms with Crippen LogP contribution in [0.4, 0.5) is 0 Å². The minimum atomic E-state index is -0.359. The van der Waals surface area contributed by atoms with Gasteiger partial charge in [0.25, 0.3) is 0 Å². The van der Waals surface area contributed by atoms with Gasteiger partial charge in [0, 0.05) is 32.9 Å². The van der Waals surface area contributed by atoms with Gasteiger partial charge < -0.3 is 30.2 Å². The molecular formula is C22H32N3O6Rb. The first-order valence-electron chi connectivity index (χ1n) is 10.4. The van der Waals surface area contributed by atoms with E-state index in [-0.39, 0.29) is 114 Å². The zero-order valence-corrected chi connectivity index (χ0v) is 24.2. The molecule has 1 aromatic rings. The number of carbonyl (C=O) groups excluding carboxylic acids is 4. The largest absolute Gasteiger partial charge is 1.00 e. The molecule has 0 aliphatic heterocycles. The number of nitrogens with zero attached hydrogens (tertiary/aromatic N) is 1. The Morgan fingerprint density at radius 1 is 0.969 bits per heavy atom. The van der Waals surface area contributed by atoms with Gasteiger partial charge >= 0.3 is 64.2 Å². The number of hydrogen-bond donors (Lipinski definition) is 2. The van der Waals surface area contributed by atoms with Crippen LogP contribution in [0.15, 0.2) is 24.3 Å². The van der Waals surface area contributed by atoms with Crippen LogP contribution in [-0.4, -0.2) is 57.1 Å². The zero-order chi connectivity index (χ0) is 22.9. The van der Waals surface area contributed by atoms with E-state index in [0.717, 1.165) is 17.5 Å². The number of amides is 3. The molecule has 0 unspecified atom stereocenters. The summed E-state index contributed by atoms with van der Waals surface area (Å²) in [6.45, 7) is 2.92. The summed E-state index contributed by atoms with van der Waals surface area (Å²) in [6.07, 6.45) is 2.15. The fraction of sp³-hybridized carbons (Fsp3) is 0.545. The van der Waals surface area contributed by atoms with Gasteiger partial charge in [-0.15, -0.1) is 6.54 Å². The van der Waals surface area contributed by atoms with Crippen LogP contribution in [0.2, 0.25) is 0 Å². The number of benzene rings is 1.